The molecule has 0 N–H and O–H groups in total. The quantitative estimate of drug-likeness (QED) is 0.714. The second-order valence-electron chi connectivity index (χ2n) is 7.09. The number of hydrogen-bond acceptors (Lipinski definition) is 3. The van der Waals surface area contributed by atoms with Crippen LogP contribution in [0.15, 0.2) is 24.3 Å². The third-order valence-corrected chi connectivity index (χ3v) is 3.71. The lowest BCUT2D eigenvalue weighted by Gasteiger charge is -2.30. The molecule has 2 aromatic rings. The van der Waals surface area contributed by atoms with Crippen LogP contribution < -0.4 is 9.64 Å². The first kappa shape index (κ1) is 17.6. The Morgan fingerprint density at radius 3 is 2.26 bits per heavy atom. The minimum absolute atomic E-state index is 0.618. The molecule has 0 aliphatic carbocycles. The molecule has 0 fully saturated rings. The Hall–Kier alpha value is -1.77. The molecule has 3 heteroatoms. The summed E-state index contributed by atoms with van der Waals surface area (Å²) in [6.07, 6.45) is 0. The van der Waals surface area contributed by atoms with Gasteiger partial charge in [0.25, 0.3) is 0 Å². The van der Waals surface area contributed by atoms with E-state index in [0.717, 1.165) is 30.0 Å². The van der Waals surface area contributed by atoms with Crippen LogP contribution >= 0.6 is 0 Å². The molecule has 0 atom stereocenters. The van der Waals surface area contributed by atoms with Crippen LogP contribution in [0.5, 0.6) is 5.75 Å². The highest BCUT2D eigenvalue weighted by atomic mass is 16.5. The Kier molecular flexibility index (Phi) is 5.86. The van der Waals surface area contributed by atoms with Gasteiger partial charge in [-0.05, 0) is 49.9 Å². The summed E-state index contributed by atoms with van der Waals surface area (Å²) in [5.41, 5.74) is 3.38. The van der Waals surface area contributed by atoms with Crippen LogP contribution in [-0.4, -0.2) is 24.7 Å². The van der Waals surface area contributed by atoms with Crippen molar-refractivity contribution in [1.29, 1.82) is 0 Å². The van der Waals surface area contributed by atoms with Gasteiger partial charge < -0.3 is 9.64 Å². The van der Waals surface area contributed by atoms with E-state index in [9.17, 15) is 0 Å². The zero-order valence-corrected chi connectivity index (χ0v) is 15.4. The van der Waals surface area contributed by atoms with Crippen LogP contribution in [-0.2, 0) is 0 Å². The number of pyridine rings is 1. The number of nitrogens with zero attached hydrogens (tertiary/aromatic N) is 2. The summed E-state index contributed by atoms with van der Waals surface area (Å²) in [7, 11) is 0. The Morgan fingerprint density at radius 1 is 1.04 bits per heavy atom. The summed E-state index contributed by atoms with van der Waals surface area (Å²) in [6.45, 7) is 16.0. The maximum atomic E-state index is 5.69. The minimum atomic E-state index is 0.618. The first-order valence-corrected chi connectivity index (χ1v) is 8.69. The molecule has 0 saturated heterocycles. The standard InChI is InChI=1S/C20H30N2O/c1-7-23-17-8-9-19-18(11-17)20(10-16(6)21-19)22(12-14(2)3)13-15(4)5/h8-11,14-15H,7,12-13H2,1-6H3. The number of fused-ring (bicyclic) bond motifs is 1. The van der Waals surface area contributed by atoms with Gasteiger partial charge in [-0.1, -0.05) is 27.7 Å². The molecule has 2 rings (SSSR count). The van der Waals surface area contributed by atoms with Gasteiger partial charge in [-0.25, -0.2) is 0 Å². The second-order valence-corrected chi connectivity index (χ2v) is 7.09. The zero-order chi connectivity index (χ0) is 17.0. The highest BCUT2D eigenvalue weighted by Gasteiger charge is 2.15. The van der Waals surface area contributed by atoms with Crippen LogP contribution in [0.1, 0.15) is 40.3 Å². The highest BCUT2D eigenvalue weighted by Crippen LogP contribution is 2.31. The van der Waals surface area contributed by atoms with E-state index in [-0.39, 0.29) is 0 Å². The third kappa shape index (κ3) is 4.60. The van der Waals surface area contributed by atoms with Gasteiger partial charge >= 0.3 is 0 Å². The molecule has 0 bridgehead atoms. The molecule has 1 heterocycles. The van der Waals surface area contributed by atoms with Crippen LogP contribution in [0.4, 0.5) is 5.69 Å². The molecular formula is C20H30N2O. The Bertz CT molecular complexity index is 639. The molecule has 0 unspecified atom stereocenters. The van der Waals surface area contributed by atoms with Crippen molar-refractivity contribution in [3.8, 4) is 5.75 Å². The number of hydrogen-bond donors (Lipinski definition) is 0. The van der Waals surface area contributed by atoms with Gasteiger partial charge in [0.1, 0.15) is 5.75 Å². The molecule has 0 aliphatic rings. The van der Waals surface area contributed by atoms with Crippen molar-refractivity contribution < 1.29 is 4.74 Å². The van der Waals surface area contributed by atoms with Gasteiger partial charge in [0.15, 0.2) is 0 Å². The molecule has 126 valence electrons. The lowest BCUT2D eigenvalue weighted by atomic mass is 10.1. The summed E-state index contributed by atoms with van der Waals surface area (Å²) in [5, 5.41) is 1.18. The van der Waals surface area contributed by atoms with Gasteiger partial charge in [-0.15, -0.1) is 0 Å². The molecular weight excluding hydrogens is 284 g/mol. The lowest BCUT2D eigenvalue weighted by molar-refractivity contribution is 0.340. The molecule has 3 nitrogen and oxygen atoms in total. The highest BCUT2D eigenvalue weighted by molar-refractivity contribution is 5.93. The van der Waals surface area contributed by atoms with Crippen molar-refractivity contribution in [1.82, 2.24) is 4.98 Å². The fourth-order valence-electron chi connectivity index (χ4n) is 2.99. The van der Waals surface area contributed by atoms with Crippen molar-refractivity contribution in [3.05, 3.63) is 30.0 Å². The topological polar surface area (TPSA) is 25.4 Å². The van der Waals surface area contributed by atoms with Crippen LogP contribution in [0.3, 0.4) is 0 Å². The summed E-state index contributed by atoms with van der Waals surface area (Å²) >= 11 is 0. The van der Waals surface area contributed by atoms with Gasteiger partial charge in [-0.2, -0.15) is 0 Å². The Morgan fingerprint density at radius 2 is 1.70 bits per heavy atom. The number of aryl methyl sites for hydroxylation is 1. The van der Waals surface area contributed by atoms with Gasteiger partial charge in [-0.3, -0.25) is 4.98 Å². The molecule has 0 aliphatic heterocycles. The predicted molar refractivity (Wildman–Crippen MR) is 99.5 cm³/mol. The smallest absolute Gasteiger partial charge is 0.120 e. The Labute approximate surface area is 140 Å². The van der Waals surface area contributed by atoms with Crippen LogP contribution in [0.2, 0.25) is 0 Å². The van der Waals surface area contributed by atoms with E-state index in [0.29, 0.717) is 18.4 Å². The predicted octanol–water partition coefficient (Wildman–Crippen LogP) is 5.06. The summed E-state index contributed by atoms with van der Waals surface area (Å²) in [6, 6.07) is 8.42. The zero-order valence-electron chi connectivity index (χ0n) is 15.4. The third-order valence-electron chi connectivity index (χ3n) is 3.71. The number of rotatable bonds is 7. The molecule has 0 amide bonds. The van der Waals surface area contributed by atoms with Gasteiger partial charge in [0.05, 0.1) is 12.1 Å². The summed E-state index contributed by atoms with van der Waals surface area (Å²) < 4.78 is 5.69. The molecule has 1 aromatic heterocycles. The summed E-state index contributed by atoms with van der Waals surface area (Å²) in [5.74, 6) is 2.15. The molecule has 23 heavy (non-hydrogen) atoms. The first-order chi connectivity index (χ1) is 10.9. The van der Waals surface area contributed by atoms with Crippen molar-refractivity contribution in [2.45, 2.75) is 41.5 Å². The van der Waals surface area contributed by atoms with Gasteiger partial charge in [0.2, 0.25) is 0 Å². The van der Waals surface area contributed by atoms with Crippen molar-refractivity contribution in [2.24, 2.45) is 11.8 Å². The average Bonchev–Trinajstić information content (AvgIpc) is 2.45. The van der Waals surface area contributed by atoms with E-state index < -0.39 is 0 Å². The second kappa shape index (κ2) is 7.67. The first-order valence-electron chi connectivity index (χ1n) is 8.69. The van der Waals surface area contributed by atoms with Gasteiger partial charge in [0, 0.05) is 29.9 Å². The number of ether oxygens (including phenoxy) is 1. The van der Waals surface area contributed by atoms with Crippen LogP contribution in [0.25, 0.3) is 10.9 Å². The molecule has 1 aromatic carbocycles. The molecule has 0 spiro atoms. The van der Waals surface area contributed by atoms with E-state index in [2.05, 4.69) is 57.7 Å². The average molecular weight is 314 g/mol. The van der Waals surface area contributed by atoms with E-state index in [4.69, 9.17) is 9.72 Å². The lowest BCUT2D eigenvalue weighted by Crippen LogP contribution is -2.31. The van der Waals surface area contributed by atoms with E-state index in [1.807, 2.05) is 13.0 Å². The van der Waals surface area contributed by atoms with Crippen molar-refractivity contribution in [2.75, 3.05) is 24.6 Å². The number of benzene rings is 1. The van der Waals surface area contributed by atoms with E-state index in [1.54, 1.807) is 0 Å². The molecule has 0 radical (unpaired) electrons. The largest absolute Gasteiger partial charge is 0.494 e. The maximum Gasteiger partial charge on any atom is 0.120 e. The van der Waals surface area contributed by atoms with Crippen molar-refractivity contribution in [3.63, 3.8) is 0 Å². The van der Waals surface area contributed by atoms with E-state index >= 15 is 0 Å². The normalized spacial score (nSPS) is 11.5. The maximum absolute atomic E-state index is 5.69. The van der Waals surface area contributed by atoms with Crippen LogP contribution in [0, 0.1) is 18.8 Å². The molecule has 0 saturated carbocycles. The van der Waals surface area contributed by atoms with Crippen molar-refractivity contribution >= 4 is 16.6 Å². The number of aromatic nitrogens is 1. The van der Waals surface area contributed by atoms with E-state index in [1.165, 1.54) is 11.1 Å². The SMILES string of the molecule is CCOc1ccc2nc(C)cc(N(CC(C)C)CC(C)C)c2c1. The fourth-order valence-corrected chi connectivity index (χ4v) is 2.99. The fraction of sp³-hybridized carbons (Fsp3) is 0.550. The number of anilines is 1. The summed E-state index contributed by atoms with van der Waals surface area (Å²) in [4.78, 5) is 7.20. The Balaban J connectivity index is 2.55. The minimum Gasteiger partial charge on any atom is -0.494 e. The monoisotopic (exact) mass is 314 g/mol.